The Morgan fingerprint density at radius 3 is 3.10 bits per heavy atom. The fourth-order valence-electron chi connectivity index (χ4n) is 2.30. The van der Waals surface area contributed by atoms with Crippen LogP contribution in [0.25, 0.3) is 0 Å². The number of benzene rings is 1. The lowest BCUT2D eigenvalue weighted by atomic mass is 9.87. The smallest absolute Gasteiger partial charge is 0.408 e. The fraction of sp³-hybridized carbons (Fsp3) is 0.308. The van der Waals surface area contributed by atoms with Crippen molar-refractivity contribution in [2.75, 3.05) is 0 Å². The van der Waals surface area contributed by atoms with Gasteiger partial charge in [0.05, 0.1) is 12.6 Å². The molecule has 0 radical (unpaired) electrons. The average Bonchev–Trinajstić information content (AvgIpc) is 3.06. The number of rotatable bonds is 3. The van der Waals surface area contributed by atoms with E-state index in [9.17, 15) is 13.6 Å². The number of amides is 1. The molecule has 2 heterocycles. The molecule has 0 bridgehead atoms. The van der Waals surface area contributed by atoms with Gasteiger partial charge in [-0.25, -0.2) is 23.2 Å². The van der Waals surface area contributed by atoms with E-state index in [-0.39, 0.29) is 12.1 Å². The predicted molar refractivity (Wildman–Crippen MR) is 67.1 cm³/mol. The number of alkyl carbamates (subject to hydrolysis) is 1. The maximum absolute atomic E-state index is 14.4. The second-order valence-electron chi connectivity index (χ2n) is 4.57. The van der Waals surface area contributed by atoms with Gasteiger partial charge < -0.3 is 10.1 Å². The van der Waals surface area contributed by atoms with Crippen molar-refractivity contribution in [2.45, 2.75) is 25.0 Å². The van der Waals surface area contributed by atoms with Gasteiger partial charge in [0.15, 0.2) is 5.60 Å². The molecule has 21 heavy (non-hydrogen) atoms. The van der Waals surface area contributed by atoms with E-state index >= 15 is 0 Å². The molecule has 0 spiro atoms. The van der Waals surface area contributed by atoms with Gasteiger partial charge in [-0.15, -0.1) is 0 Å². The summed E-state index contributed by atoms with van der Waals surface area (Å²) < 4.78 is 57.0. The molecule has 0 saturated carbocycles. The lowest BCUT2D eigenvalue weighted by Crippen LogP contribution is -2.43. The molecule has 1 saturated heterocycles. The van der Waals surface area contributed by atoms with Crippen molar-refractivity contribution >= 4 is 6.09 Å². The standard InChI is InChI=1S/C13H12F2N4O2/c1-8-13(21-12(20)18-8,5-19-7-16-6-17-19)10-3-2-9(14)4-11(10)15/h2-4,6-8H,5H2,1H3,(H,18,20)/t8-,13+/m0/s1/i1D3. The minimum Gasteiger partial charge on any atom is -0.434 e. The number of cyclic esters (lactones) is 1. The van der Waals surface area contributed by atoms with Crippen molar-refractivity contribution in [3.8, 4) is 0 Å². The quantitative estimate of drug-likeness (QED) is 0.934. The van der Waals surface area contributed by atoms with Crippen LogP contribution in [0.1, 0.15) is 16.5 Å². The SMILES string of the molecule is [2H]C([2H])([2H])[C@@H]1NC(=O)O[C@@]1(Cn1cncn1)c1ccc(F)cc1F. The normalized spacial score (nSPS) is 27.4. The number of aromatic nitrogens is 3. The summed E-state index contributed by atoms with van der Waals surface area (Å²) in [7, 11) is 0. The molecule has 1 aliphatic heterocycles. The molecule has 1 fully saturated rings. The molecular formula is C13H12F2N4O2. The summed E-state index contributed by atoms with van der Waals surface area (Å²) in [6, 6.07) is 1.06. The van der Waals surface area contributed by atoms with Crippen molar-refractivity contribution in [2.24, 2.45) is 0 Å². The molecule has 1 aromatic heterocycles. The van der Waals surface area contributed by atoms with Crippen molar-refractivity contribution in [1.29, 1.82) is 0 Å². The maximum Gasteiger partial charge on any atom is 0.408 e. The summed E-state index contributed by atoms with van der Waals surface area (Å²) in [6.45, 7) is -3.01. The summed E-state index contributed by atoms with van der Waals surface area (Å²) in [5.41, 5.74) is -2.20. The molecule has 2 aromatic rings. The molecule has 0 aliphatic carbocycles. The monoisotopic (exact) mass is 297 g/mol. The molecule has 1 N–H and O–H groups in total. The number of halogens is 2. The van der Waals surface area contributed by atoms with Gasteiger partial charge in [-0.3, -0.25) is 0 Å². The molecule has 110 valence electrons. The molecule has 1 amide bonds. The first-order chi connectivity index (χ1) is 11.2. The molecule has 1 aliphatic rings. The maximum atomic E-state index is 14.4. The minimum atomic E-state index is -2.70. The number of nitrogens with zero attached hydrogens (tertiary/aromatic N) is 3. The van der Waals surface area contributed by atoms with E-state index in [0.29, 0.717) is 6.07 Å². The fourth-order valence-corrected chi connectivity index (χ4v) is 2.30. The summed E-state index contributed by atoms with van der Waals surface area (Å²) in [5.74, 6) is -1.87. The highest BCUT2D eigenvalue weighted by molar-refractivity contribution is 5.71. The third-order valence-electron chi connectivity index (χ3n) is 3.25. The Kier molecular flexibility index (Phi) is 2.34. The first-order valence-corrected chi connectivity index (χ1v) is 6.00. The van der Waals surface area contributed by atoms with Crippen LogP contribution in [0, 0.1) is 11.6 Å². The van der Waals surface area contributed by atoms with Gasteiger partial charge >= 0.3 is 6.09 Å². The minimum absolute atomic E-state index is 0.265. The lowest BCUT2D eigenvalue weighted by Gasteiger charge is -2.31. The number of carbonyl (C=O) groups excluding carboxylic acids is 1. The zero-order chi connectivity index (χ0) is 17.5. The molecule has 6 nitrogen and oxygen atoms in total. The van der Waals surface area contributed by atoms with Gasteiger partial charge in [0.25, 0.3) is 0 Å². The molecular weight excluding hydrogens is 282 g/mol. The number of hydrogen-bond acceptors (Lipinski definition) is 4. The van der Waals surface area contributed by atoms with Crippen LogP contribution in [-0.2, 0) is 16.9 Å². The zero-order valence-corrected chi connectivity index (χ0v) is 10.6. The third-order valence-corrected chi connectivity index (χ3v) is 3.25. The predicted octanol–water partition coefficient (Wildman–Crippen LogP) is 1.58. The van der Waals surface area contributed by atoms with E-state index in [2.05, 4.69) is 15.4 Å². The Hall–Kier alpha value is -2.51. The second kappa shape index (κ2) is 4.80. The number of nitrogens with one attached hydrogen (secondary N) is 1. The second-order valence-corrected chi connectivity index (χ2v) is 4.57. The first kappa shape index (κ1) is 10.3. The summed E-state index contributed by atoms with van der Waals surface area (Å²) >= 11 is 0. The van der Waals surface area contributed by atoms with Crippen LogP contribution < -0.4 is 5.32 Å². The van der Waals surface area contributed by atoms with Gasteiger partial charge in [-0.05, 0) is 19.0 Å². The van der Waals surface area contributed by atoms with Crippen LogP contribution in [0.5, 0.6) is 0 Å². The topological polar surface area (TPSA) is 69.0 Å². The molecule has 3 rings (SSSR count). The van der Waals surface area contributed by atoms with Crippen LogP contribution in [-0.4, -0.2) is 26.9 Å². The van der Waals surface area contributed by atoms with Crippen molar-refractivity contribution in [1.82, 2.24) is 20.1 Å². The summed E-state index contributed by atoms with van der Waals surface area (Å²) in [6.07, 6.45) is 1.45. The highest BCUT2D eigenvalue weighted by Gasteiger charge is 2.50. The van der Waals surface area contributed by atoms with E-state index in [1.54, 1.807) is 0 Å². The van der Waals surface area contributed by atoms with Crippen LogP contribution in [0.15, 0.2) is 30.9 Å². The number of hydrogen-bond donors (Lipinski definition) is 1. The van der Waals surface area contributed by atoms with E-state index in [1.165, 1.54) is 17.3 Å². The molecule has 1 aromatic carbocycles. The van der Waals surface area contributed by atoms with Gasteiger partial charge in [0, 0.05) is 15.7 Å². The lowest BCUT2D eigenvalue weighted by molar-refractivity contribution is 0.0146. The highest BCUT2D eigenvalue weighted by atomic mass is 19.1. The summed E-state index contributed by atoms with van der Waals surface area (Å²) in [4.78, 5) is 15.5. The van der Waals surface area contributed by atoms with Gasteiger partial charge in [-0.2, -0.15) is 5.10 Å². The van der Waals surface area contributed by atoms with Crippen molar-refractivity contribution in [3.05, 3.63) is 48.1 Å². The van der Waals surface area contributed by atoms with Crippen molar-refractivity contribution in [3.63, 3.8) is 0 Å². The Bertz CT molecular complexity index is 769. The Morgan fingerprint density at radius 2 is 2.43 bits per heavy atom. The Labute approximate surface area is 123 Å². The van der Waals surface area contributed by atoms with Crippen LogP contribution in [0.3, 0.4) is 0 Å². The zero-order valence-electron chi connectivity index (χ0n) is 13.6. The third kappa shape index (κ3) is 2.22. The Morgan fingerprint density at radius 1 is 1.57 bits per heavy atom. The summed E-state index contributed by atoms with van der Waals surface area (Å²) in [5, 5.41) is 6.04. The molecule has 8 heteroatoms. The average molecular weight is 297 g/mol. The van der Waals surface area contributed by atoms with Gasteiger partial charge in [0.1, 0.15) is 24.3 Å². The van der Waals surface area contributed by atoms with E-state index in [0.717, 1.165) is 12.1 Å². The number of carbonyl (C=O) groups is 1. The number of ether oxygens (including phenoxy) is 1. The largest absolute Gasteiger partial charge is 0.434 e. The van der Waals surface area contributed by atoms with E-state index in [1.807, 2.05) is 0 Å². The van der Waals surface area contributed by atoms with Crippen molar-refractivity contribution < 1.29 is 22.4 Å². The van der Waals surface area contributed by atoms with Crippen LogP contribution in [0.2, 0.25) is 0 Å². The van der Waals surface area contributed by atoms with Gasteiger partial charge in [0.2, 0.25) is 0 Å². The molecule has 0 unspecified atom stereocenters. The molecule has 2 atom stereocenters. The van der Waals surface area contributed by atoms with Gasteiger partial charge in [-0.1, -0.05) is 0 Å². The first-order valence-electron chi connectivity index (χ1n) is 7.50. The highest BCUT2D eigenvalue weighted by Crippen LogP contribution is 2.37. The van der Waals surface area contributed by atoms with Crippen LogP contribution >= 0.6 is 0 Å². The van der Waals surface area contributed by atoms with E-state index < -0.39 is 36.2 Å². The Balaban J connectivity index is 2.18. The van der Waals surface area contributed by atoms with E-state index in [4.69, 9.17) is 8.85 Å². The van der Waals surface area contributed by atoms with Crippen LogP contribution in [0.4, 0.5) is 13.6 Å².